The number of rotatable bonds is 7. The van der Waals surface area contributed by atoms with Crippen molar-refractivity contribution in [2.24, 2.45) is 0 Å². The minimum atomic E-state index is -0.223. The van der Waals surface area contributed by atoms with Crippen molar-refractivity contribution in [3.8, 4) is 11.4 Å². The van der Waals surface area contributed by atoms with E-state index in [0.717, 1.165) is 28.5 Å². The minimum absolute atomic E-state index is 0.180. The number of amides is 1. The van der Waals surface area contributed by atoms with Crippen molar-refractivity contribution < 1.29 is 9.53 Å². The van der Waals surface area contributed by atoms with Crippen molar-refractivity contribution >= 4 is 40.3 Å². The van der Waals surface area contributed by atoms with Gasteiger partial charge in [-0.1, -0.05) is 6.07 Å². The zero-order valence-electron chi connectivity index (χ0n) is 21.8. The van der Waals surface area contributed by atoms with Crippen molar-refractivity contribution in [2.45, 2.75) is 19.0 Å². The summed E-state index contributed by atoms with van der Waals surface area (Å²) < 4.78 is 7.67. The molecular formula is C29H30N6O2S. The zero-order chi connectivity index (χ0) is 26.8. The Bertz CT molecular complexity index is 1450. The normalized spacial score (nSPS) is 16.7. The smallest absolute Gasteiger partial charge is 0.221 e. The molecule has 1 fully saturated rings. The van der Waals surface area contributed by atoms with E-state index in [0.29, 0.717) is 16.5 Å². The van der Waals surface area contributed by atoms with Crippen molar-refractivity contribution in [2.75, 3.05) is 36.3 Å². The monoisotopic (exact) mass is 526 g/mol. The van der Waals surface area contributed by atoms with Crippen molar-refractivity contribution in [3.63, 3.8) is 0 Å². The highest BCUT2D eigenvalue weighted by Crippen LogP contribution is 2.43. The SMILES string of the molecule is COc1ccc(N2C(=S)N[C@@H](c3ccccn3)[C@@H]2c2cccn2-c2ccc(N(C)C)cc2)cc1NC(C)=O. The molecule has 1 aliphatic heterocycles. The Kier molecular flexibility index (Phi) is 7.02. The second-order valence-electron chi connectivity index (χ2n) is 9.28. The van der Waals surface area contributed by atoms with E-state index < -0.39 is 0 Å². The number of pyridine rings is 1. The second-order valence-corrected chi connectivity index (χ2v) is 9.66. The van der Waals surface area contributed by atoms with Crippen LogP contribution in [0.15, 0.2) is 85.2 Å². The molecule has 2 aromatic carbocycles. The standard InChI is InChI=1S/C29H30N6O2S/c1-19(36)31-24-18-22(14-15-26(24)37-4)35-28(27(32-29(35)38)23-8-5-6-16-30-23)25-9-7-17-34(25)21-12-10-20(11-13-21)33(2)3/h5-18,27-28H,1-4H3,(H,31,36)(H,32,38)/t27-,28-/m0/s1. The van der Waals surface area contributed by atoms with E-state index in [1.165, 1.54) is 6.92 Å². The number of nitrogens with zero attached hydrogens (tertiary/aromatic N) is 4. The number of carbonyl (C=O) groups excluding carboxylic acids is 1. The lowest BCUT2D eigenvalue weighted by atomic mass is 10.0. The Hall–Kier alpha value is -4.37. The molecule has 1 aliphatic rings. The van der Waals surface area contributed by atoms with Crippen LogP contribution in [0.25, 0.3) is 5.69 Å². The molecule has 1 saturated heterocycles. The third-order valence-electron chi connectivity index (χ3n) is 6.60. The number of benzene rings is 2. The molecule has 2 atom stereocenters. The van der Waals surface area contributed by atoms with Crippen molar-refractivity contribution in [3.05, 3.63) is 96.6 Å². The number of thiocarbonyl (C=S) groups is 1. The molecule has 38 heavy (non-hydrogen) atoms. The van der Waals surface area contributed by atoms with E-state index in [2.05, 4.69) is 66.5 Å². The Morgan fingerprint density at radius 2 is 1.82 bits per heavy atom. The molecule has 0 unspecified atom stereocenters. The third-order valence-corrected chi connectivity index (χ3v) is 6.91. The number of hydrogen-bond acceptors (Lipinski definition) is 5. The Balaban J connectivity index is 1.64. The highest BCUT2D eigenvalue weighted by Gasteiger charge is 2.42. The lowest BCUT2D eigenvalue weighted by molar-refractivity contribution is -0.114. The van der Waals surface area contributed by atoms with Gasteiger partial charge >= 0.3 is 0 Å². The molecule has 0 aliphatic carbocycles. The molecule has 1 amide bonds. The molecule has 2 aromatic heterocycles. The number of carbonyl (C=O) groups is 1. The lowest BCUT2D eigenvalue weighted by Gasteiger charge is -2.29. The third kappa shape index (κ3) is 4.80. The number of aromatic nitrogens is 2. The molecule has 9 heteroatoms. The molecule has 0 bridgehead atoms. The van der Waals surface area contributed by atoms with Crippen LogP contribution in [0.1, 0.15) is 30.4 Å². The predicted octanol–water partition coefficient (Wildman–Crippen LogP) is 5.08. The molecule has 4 aromatic rings. The number of ether oxygens (including phenoxy) is 1. The van der Waals surface area contributed by atoms with Crippen LogP contribution >= 0.6 is 12.2 Å². The second kappa shape index (κ2) is 10.5. The Morgan fingerprint density at radius 3 is 2.47 bits per heavy atom. The topological polar surface area (TPSA) is 74.7 Å². The van der Waals surface area contributed by atoms with Crippen LogP contribution in [-0.4, -0.2) is 41.8 Å². The number of nitrogens with one attached hydrogen (secondary N) is 2. The fourth-order valence-corrected chi connectivity index (χ4v) is 5.19. The van der Waals surface area contributed by atoms with Crippen LogP contribution in [0.3, 0.4) is 0 Å². The summed E-state index contributed by atoms with van der Waals surface area (Å²) in [6.45, 7) is 1.47. The van der Waals surface area contributed by atoms with Crippen LogP contribution in [0.2, 0.25) is 0 Å². The lowest BCUT2D eigenvalue weighted by Crippen LogP contribution is -2.30. The summed E-state index contributed by atoms with van der Waals surface area (Å²) in [5, 5.41) is 6.95. The molecule has 0 radical (unpaired) electrons. The van der Waals surface area contributed by atoms with Crippen LogP contribution in [0, 0.1) is 0 Å². The summed E-state index contributed by atoms with van der Waals surface area (Å²) >= 11 is 5.90. The first-order chi connectivity index (χ1) is 18.4. The van der Waals surface area contributed by atoms with Gasteiger partial charge in [-0.25, -0.2) is 0 Å². The molecular weight excluding hydrogens is 496 g/mol. The van der Waals surface area contributed by atoms with Crippen molar-refractivity contribution in [1.82, 2.24) is 14.9 Å². The number of anilines is 3. The van der Waals surface area contributed by atoms with Gasteiger partial charge in [0.1, 0.15) is 11.8 Å². The van der Waals surface area contributed by atoms with E-state index in [9.17, 15) is 4.79 Å². The van der Waals surface area contributed by atoms with Gasteiger partial charge in [0.2, 0.25) is 5.91 Å². The highest BCUT2D eigenvalue weighted by atomic mass is 32.1. The molecule has 0 saturated carbocycles. The van der Waals surface area contributed by atoms with E-state index in [4.69, 9.17) is 17.0 Å². The van der Waals surface area contributed by atoms with E-state index in [-0.39, 0.29) is 18.0 Å². The maximum atomic E-state index is 11.9. The van der Waals surface area contributed by atoms with Crippen molar-refractivity contribution in [1.29, 1.82) is 0 Å². The van der Waals surface area contributed by atoms with Crippen LogP contribution in [0.4, 0.5) is 17.1 Å². The van der Waals surface area contributed by atoms with E-state index >= 15 is 0 Å². The predicted molar refractivity (Wildman–Crippen MR) is 155 cm³/mol. The summed E-state index contributed by atoms with van der Waals surface area (Å²) in [5.74, 6) is 0.393. The summed E-state index contributed by atoms with van der Waals surface area (Å²) in [6.07, 6.45) is 3.85. The first kappa shape index (κ1) is 25.3. The van der Waals surface area contributed by atoms with Gasteiger partial charge in [-0.05, 0) is 78.9 Å². The van der Waals surface area contributed by atoms with E-state index in [1.807, 2.05) is 56.6 Å². The first-order valence-corrected chi connectivity index (χ1v) is 12.7. The average Bonchev–Trinajstić information content (AvgIpc) is 3.53. The van der Waals surface area contributed by atoms with Crippen LogP contribution in [0.5, 0.6) is 5.75 Å². The molecule has 8 nitrogen and oxygen atoms in total. The first-order valence-electron chi connectivity index (χ1n) is 12.3. The van der Waals surface area contributed by atoms with E-state index in [1.54, 1.807) is 13.3 Å². The highest BCUT2D eigenvalue weighted by molar-refractivity contribution is 7.80. The zero-order valence-corrected chi connectivity index (χ0v) is 22.6. The Labute approximate surface area is 227 Å². The fraction of sp³-hybridized carbons (Fsp3) is 0.207. The maximum absolute atomic E-state index is 11.9. The number of hydrogen-bond donors (Lipinski definition) is 2. The fourth-order valence-electron chi connectivity index (χ4n) is 4.85. The van der Waals surface area contributed by atoms with Crippen LogP contribution in [-0.2, 0) is 4.79 Å². The summed E-state index contributed by atoms with van der Waals surface area (Å²) in [5.41, 5.74) is 5.50. The Morgan fingerprint density at radius 1 is 1.05 bits per heavy atom. The van der Waals surface area contributed by atoms with Crippen LogP contribution < -0.4 is 25.2 Å². The minimum Gasteiger partial charge on any atom is -0.495 e. The van der Waals surface area contributed by atoms with Gasteiger partial charge in [-0.15, -0.1) is 0 Å². The summed E-state index contributed by atoms with van der Waals surface area (Å²) in [6, 6.07) is 23.7. The van der Waals surface area contributed by atoms with Gasteiger partial charge in [0.05, 0.1) is 24.5 Å². The van der Waals surface area contributed by atoms with Gasteiger partial charge in [0, 0.05) is 56.2 Å². The average molecular weight is 527 g/mol. The summed E-state index contributed by atoms with van der Waals surface area (Å²) in [4.78, 5) is 20.7. The van der Waals surface area contributed by atoms with Gasteiger partial charge in [-0.2, -0.15) is 0 Å². The van der Waals surface area contributed by atoms with Gasteiger partial charge in [0.25, 0.3) is 0 Å². The maximum Gasteiger partial charge on any atom is 0.221 e. The van der Waals surface area contributed by atoms with Gasteiger partial charge in [0.15, 0.2) is 5.11 Å². The largest absolute Gasteiger partial charge is 0.495 e. The molecule has 0 spiro atoms. The molecule has 5 rings (SSSR count). The molecule has 2 N–H and O–H groups in total. The molecule has 3 heterocycles. The summed E-state index contributed by atoms with van der Waals surface area (Å²) in [7, 11) is 5.64. The number of methoxy groups -OCH3 is 1. The molecule has 194 valence electrons. The van der Waals surface area contributed by atoms with Gasteiger partial charge in [-0.3, -0.25) is 9.78 Å². The van der Waals surface area contributed by atoms with Gasteiger partial charge < -0.3 is 29.7 Å². The quantitative estimate of drug-likeness (QED) is 0.325.